The topological polar surface area (TPSA) is 21.3 Å². The summed E-state index contributed by atoms with van der Waals surface area (Å²) in [4.78, 5) is 0. The molecule has 1 aromatic rings. The van der Waals surface area contributed by atoms with E-state index >= 15 is 0 Å². The summed E-state index contributed by atoms with van der Waals surface area (Å²) in [6.07, 6.45) is 2.26. The Bertz CT molecular complexity index is 341. The Hall–Kier alpha value is -1.09. The highest BCUT2D eigenvalue weighted by Crippen LogP contribution is 2.18. The molecule has 2 nitrogen and oxygen atoms in total. The quantitative estimate of drug-likeness (QED) is 0.737. The van der Waals surface area contributed by atoms with Gasteiger partial charge in [-0.15, -0.1) is 0 Å². The van der Waals surface area contributed by atoms with Crippen LogP contribution in [0.3, 0.4) is 0 Å². The van der Waals surface area contributed by atoms with Gasteiger partial charge in [-0.1, -0.05) is 6.92 Å². The maximum absolute atomic E-state index is 13.1. The lowest BCUT2D eigenvalue weighted by atomic mass is 10.2. The summed E-state index contributed by atoms with van der Waals surface area (Å²) >= 11 is 0. The molecule has 1 unspecified atom stereocenters. The molecule has 0 spiro atoms. The maximum atomic E-state index is 13.1. The van der Waals surface area contributed by atoms with Crippen molar-refractivity contribution in [2.24, 2.45) is 0 Å². The third kappa shape index (κ3) is 5.18. The average Bonchev–Trinajstić information content (AvgIpc) is 2.30. The molecule has 0 saturated carbocycles. The number of halogens is 1. The second kappa shape index (κ2) is 7.28. The van der Waals surface area contributed by atoms with Crippen LogP contribution in [0.4, 0.5) is 4.39 Å². The van der Waals surface area contributed by atoms with Crippen molar-refractivity contribution in [1.29, 1.82) is 0 Å². The predicted octanol–water partition coefficient (Wildman–Crippen LogP) is 3.29. The van der Waals surface area contributed by atoms with Crippen molar-refractivity contribution >= 4 is 0 Å². The first-order valence-electron chi connectivity index (χ1n) is 6.27. The van der Waals surface area contributed by atoms with Gasteiger partial charge in [0.05, 0.1) is 6.10 Å². The van der Waals surface area contributed by atoms with E-state index in [4.69, 9.17) is 4.74 Å². The lowest BCUT2D eigenvalue weighted by Crippen LogP contribution is -2.18. The molecule has 96 valence electrons. The first kappa shape index (κ1) is 14.0. The Kier molecular flexibility index (Phi) is 5.98. The van der Waals surface area contributed by atoms with Crippen LogP contribution >= 0.6 is 0 Å². The molecule has 17 heavy (non-hydrogen) atoms. The largest absolute Gasteiger partial charge is 0.491 e. The van der Waals surface area contributed by atoms with E-state index in [9.17, 15) is 4.39 Å². The molecular weight excluding hydrogens is 217 g/mol. The highest BCUT2D eigenvalue weighted by atomic mass is 19.1. The van der Waals surface area contributed by atoms with Crippen molar-refractivity contribution in [3.8, 4) is 5.75 Å². The molecule has 0 fully saturated rings. The monoisotopic (exact) mass is 239 g/mol. The van der Waals surface area contributed by atoms with E-state index in [-0.39, 0.29) is 11.9 Å². The summed E-state index contributed by atoms with van der Waals surface area (Å²) in [6.45, 7) is 7.92. The molecular formula is C14H22FNO. The molecule has 1 N–H and O–H groups in total. The minimum atomic E-state index is -0.183. The van der Waals surface area contributed by atoms with Crippen LogP contribution in [0.15, 0.2) is 18.2 Å². The van der Waals surface area contributed by atoms with E-state index in [1.807, 2.05) is 6.92 Å². The fourth-order valence-electron chi connectivity index (χ4n) is 1.67. The Morgan fingerprint density at radius 1 is 1.41 bits per heavy atom. The highest BCUT2D eigenvalue weighted by molar-refractivity contribution is 5.28. The molecule has 0 radical (unpaired) electrons. The van der Waals surface area contributed by atoms with Crippen molar-refractivity contribution < 1.29 is 9.13 Å². The summed E-state index contributed by atoms with van der Waals surface area (Å²) in [5.74, 6) is 0.567. The molecule has 0 aliphatic rings. The van der Waals surface area contributed by atoms with Gasteiger partial charge in [-0.05, 0) is 63.5 Å². The zero-order valence-corrected chi connectivity index (χ0v) is 10.9. The van der Waals surface area contributed by atoms with Gasteiger partial charge in [0.1, 0.15) is 11.6 Å². The zero-order valence-electron chi connectivity index (χ0n) is 10.9. The summed E-state index contributed by atoms with van der Waals surface area (Å²) in [6, 6.07) is 4.88. The number of aryl methyl sites for hydroxylation is 1. The van der Waals surface area contributed by atoms with Crippen LogP contribution in [-0.4, -0.2) is 19.2 Å². The van der Waals surface area contributed by atoms with Crippen molar-refractivity contribution in [3.63, 3.8) is 0 Å². The maximum Gasteiger partial charge on any atom is 0.126 e. The Labute approximate surface area is 103 Å². The summed E-state index contributed by atoms with van der Waals surface area (Å²) < 4.78 is 18.8. The summed E-state index contributed by atoms with van der Waals surface area (Å²) in [7, 11) is 0. The fraction of sp³-hybridized carbons (Fsp3) is 0.571. The normalized spacial score (nSPS) is 12.5. The molecule has 0 aliphatic heterocycles. The van der Waals surface area contributed by atoms with Crippen LogP contribution in [0.25, 0.3) is 0 Å². The average molecular weight is 239 g/mol. The Balaban J connectivity index is 2.34. The molecule has 1 rings (SSSR count). The second-order valence-electron chi connectivity index (χ2n) is 4.34. The molecule has 0 aromatic heterocycles. The zero-order chi connectivity index (χ0) is 12.7. The fourth-order valence-corrected chi connectivity index (χ4v) is 1.67. The van der Waals surface area contributed by atoms with E-state index in [0.29, 0.717) is 5.56 Å². The molecule has 0 amide bonds. The predicted molar refractivity (Wildman–Crippen MR) is 69.0 cm³/mol. The smallest absolute Gasteiger partial charge is 0.126 e. The third-order valence-corrected chi connectivity index (χ3v) is 2.68. The second-order valence-corrected chi connectivity index (χ2v) is 4.34. The lowest BCUT2D eigenvalue weighted by Gasteiger charge is -2.15. The van der Waals surface area contributed by atoms with Crippen LogP contribution in [0.2, 0.25) is 0 Å². The number of nitrogens with one attached hydrogen (secondary N) is 1. The summed E-state index contributed by atoms with van der Waals surface area (Å²) in [5, 5.41) is 3.28. The van der Waals surface area contributed by atoms with E-state index in [0.717, 1.165) is 31.7 Å². The van der Waals surface area contributed by atoms with Crippen LogP contribution in [0.5, 0.6) is 5.75 Å². The molecule has 1 aromatic carbocycles. The van der Waals surface area contributed by atoms with Gasteiger partial charge < -0.3 is 10.1 Å². The summed E-state index contributed by atoms with van der Waals surface area (Å²) in [5.41, 5.74) is 0.627. The third-order valence-electron chi connectivity index (χ3n) is 2.68. The van der Waals surface area contributed by atoms with Crippen molar-refractivity contribution in [2.75, 3.05) is 13.1 Å². The van der Waals surface area contributed by atoms with Gasteiger partial charge in [0.2, 0.25) is 0 Å². The van der Waals surface area contributed by atoms with Crippen molar-refractivity contribution in [1.82, 2.24) is 5.32 Å². The molecule has 1 atom stereocenters. The van der Waals surface area contributed by atoms with Gasteiger partial charge in [0.25, 0.3) is 0 Å². The Morgan fingerprint density at radius 2 is 2.18 bits per heavy atom. The molecule has 0 aliphatic carbocycles. The Morgan fingerprint density at radius 3 is 2.82 bits per heavy atom. The number of hydrogen-bond acceptors (Lipinski definition) is 2. The van der Waals surface area contributed by atoms with Gasteiger partial charge in [0, 0.05) is 0 Å². The van der Waals surface area contributed by atoms with E-state index < -0.39 is 0 Å². The number of rotatable bonds is 7. The van der Waals surface area contributed by atoms with Crippen molar-refractivity contribution in [3.05, 3.63) is 29.6 Å². The van der Waals surface area contributed by atoms with Gasteiger partial charge in [-0.25, -0.2) is 4.39 Å². The van der Waals surface area contributed by atoms with Gasteiger partial charge in [-0.2, -0.15) is 0 Å². The van der Waals surface area contributed by atoms with Crippen LogP contribution in [0.1, 0.15) is 32.3 Å². The molecule has 0 saturated heterocycles. The van der Waals surface area contributed by atoms with Crippen LogP contribution in [-0.2, 0) is 0 Å². The first-order valence-corrected chi connectivity index (χ1v) is 6.27. The molecule has 0 heterocycles. The van der Waals surface area contributed by atoms with Crippen molar-refractivity contribution in [2.45, 2.75) is 39.7 Å². The van der Waals surface area contributed by atoms with E-state index in [1.54, 1.807) is 19.1 Å². The van der Waals surface area contributed by atoms with Crippen LogP contribution in [0, 0.1) is 12.7 Å². The minimum Gasteiger partial charge on any atom is -0.491 e. The standard InChI is InChI=1S/C14H22FNO/c1-4-16-9-5-6-12(3)17-13-7-8-14(15)11(2)10-13/h7-8,10,12,16H,4-6,9H2,1-3H3. The minimum absolute atomic E-state index is 0.165. The highest BCUT2D eigenvalue weighted by Gasteiger charge is 2.05. The van der Waals surface area contributed by atoms with Gasteiger partial charge >= 0.3 is 0 Å². The number of hydrogen-bond donors (Lipinski definition) is 1. The first-order chi connectivity index (χ1) is 8.13. The van der Waals surface area contributed by atoms with Gasteiger partial charge in [-0.3, -0.25) is 0 Å². The van der Waals surface area contributed by atoms with Crippen LogP contribution < -0.4 is 10.1 Å². The van der Waals surface area contributed by atoms with E-state index in [2.05, 4.69) is 12.2 Å². The number of ether oxygens (including phenoxy) is 1. The molecule has 3 heteroatoms. The number of benzene rings is 1. The van der Waals surface area contributed by atoms with Gasteiger partial charge in [0.15, 0.2) is 0 Å². The lowest BCUT2D eigenvalue weighted by molar-refractivity contribution is 0.207. The van der Waals surface area contributed by atoms with E-state index in [1.165, 1.54) is 6.07 Å². The molecule has 0 bridgehead atoms. The SMILES string of the molecule is CCNCCCC(C)Oc1ccc(F)c(C)c1.